The molecule has 0 aromatic heterocycles. The van der Waals surface area contributed by atoms with Gasteiger partial charge in [-0.2, -0.15) is 0 Å². The smallest absolute Gasteiger partial charge is 0.142 e. The second kappa shape index (κ2) is 6.19. The quantitative estimate of drug-likeness (QED) is 0.924. The van der Waals surface area contributed by atoms with E-state index in [0.717, 1.165) is 37.4 Å². The molecule has 1 aliphatic heterocycles. The van der Waals surface area contributed by atoms with E-state index < -0.39 is 0 Å². The summed E-state index contributed by atoms with van der Waals surface area (Å²) in [6, 6.07) is 16.7. The van der Waals surface area contributed by atoms with Crippen molar-refractivity contribution in [3.8, 4) is 5.75 Å². The molecular formula is C18H22N2O. The lowest BCUT2D eigenvalue weighted by Crippen LogP contribution is -2.21. The summed E-state index contributed by atoms with van der Waals surface area (Å²) in [4.78, 5) is 2.34. The van der Waals surface area contributed by atoms with Crippen molar-refractivity contribution in [1.29, 1.82) is 0 Å². The van der Waals surface area contributed by atoms with Crippen molar-refractivity contribution in [2.75, 3.05) is 18.1 Å². The minimum absolute atomic E-state index is 0.0672. The number of nitrogens with zero attached hydrogens (tertiary/aromatic N) is 1. The molecule has 0 aliphatic carbocycles. The van der Waals surface area contributed by atoms with Gasteiger partial charge in [-0.1, -0.05) is 37.3 Å². The highest BCUT2D eigenvalue weighted by Gasteiger charge is 2.21. The number of para-hydroxylation sites is 3. The van der Waals surface area contributed by atoms with Gasteiger partial charge in [0.25, 0.3) is 0 Å². The first-order valence-electron chi connectivity index (χ1n) is 7.65. The molecule has 0 spiro atoms. The second-order valence-corrected chi connectivity index (χ2v) is 5.39. The van der Waals surface area contributed by atoms with Gasteiger partial charge in [0.2, 0.25) is 0 Å². The molecule has 0 saturated heterocycles. The molecule has 21 heavy (non-hydrogen) atoms. The third kappa shape index (κ3) is 2.74. The van der Waals surface area contributed by atoms with Gasteiger partial charge in [0.1, 0.15) is 5.75 Å². The van der Waals surface area contributed by atoms with Gasteiger partial charge in [-0.25, -0.2) is 0 Å². The van der Waals surface area contributed by atoms with Crippen molar-refractivity contribution in [1.82, 2.24) is 0 Å². The van der Waals surface area contributed by atoms with Crippen LogP contribution >= 0.6 is 0 Å². The number of anilines is 2. The summed E-state index contributed by atoms with van der Waals surface area (Å²) in [6.07, 6.45) is 1.94. The van der Waals surface area contributed by atoms with E-state index in [9.17, 15) is 0 Å². The van der Waals surface area contributed by atoms with E-state index >= 15 is 0 Å². The summed E-state index contributed by atoms with van der Waals surface area (Å²) in [6.45, 7) is 3.83. The fourth-order valence-corrected chi connectivity index (χ4v) is 2.84. The topological polar surface area (TPSA) is 38.5 Å². The normalized spacial score (nSPS) is 15.8. The SMILES string of the molecule is CC[C@H](N)c1ccccc1N1CCCOc2ccccc21. The van der Waals surface area contributed by atoms with Crippen LogP contribution < -0.4 is 15.4 Å². The van der Waals surface area contributed by atoms with E-state index in [1.807, 2.05) is 12.1 Å². The van der Waals surface area contributed by atoms with Crippen LogP contribution in [0.15, 0.2) is 48.5 Å². The Labute approximate surface area is 126 Å². The Morgan fingerprint density at radius 3 is 2.62 bits per heavy atom. The molecule has 0 saturated carbocycles. The Balaban J connectivity index is 2.08. The van der Waals surface area contributed by atoms with Crippen molar-refractivity contribution in [3.05, 3.63) is 54.1 Å². The lowest BCUT2D eigenvalue weighted by molar-refractivity contribution is 0.322. The molecule has 0 amide bonds. The summed E-state index contributed by atoms with van der Waals surface area (Å²) < 4.78 is 5.85. The van der Waals surface area contributed by atoms with E-state index in [1.54, 1.807) is 0 Å². The third-order valence-corrected chi connectivity index (χ3v) is 4.01. The number of nitrogens with two attached hydrogens (primary N) is 1. The Bertz CT molecular complexity index is 612. The van der Waals surface area contributed by atoms with Crippen LogP contribution in [0.1, 0.15) is 31.4 Å². The monoisotopic (exact) mass is 282 g/mol. The Kier molecular flexibility index (Phi) is 4.11. The largest absolute Gasteiger partial charge is 0.491 e. The highest BCUT2D eigenvalue weighted by molar-refractivity contribution is 5.72. The number of rotatable bonds is 3. The maximum atomic E-state index is 6.30. The number of ether oxygens (including phenoxy) is 1. The van der Waals surface area contributed by atoms with Crippen LogP contribution in [0.3, 0.4) is 0 Å². The number of benzene rings is 2. The molecular weight excluding hydrogens is 260 g/mol. The summed E-state index contributed by atoms with van der Waals surface area (Å²) in [5.41, 5.74) is 9.84. The lowest BCUT2D eigenvalue weighted by Gasteiger charge is -2.28. The molecule has 2 N–H and O–H groups in total. The third-order valence-electron chi connectivity index (χ3n) is 4.01. The Morgan fingerprint density at radius 1 is 1.10 bits per heavy atom. The van der Waals surface area contributed by atoms with E-state index in [4.69, 9.17) is 10.5 Å². The minimum Gasteiger partial charge on any atom is -0.491 e. The summed E-state index contributed by atoms with van der Waals surface area (Å²) in [7, 11) is 0. The zero-order chi connectivity index (χ0) is 14.7. The fraction of sp³-hybridized carbons (Fsp3) is 0.333. The standard InChI is InChI=1S/C18H22N2O/c1-2-15(19)14-8-3-4-9-16(14)20-12-7-13-21-18-11-6-5-10-17(18)20/h3-6,8-11,15H,2,7,12-13,19H2,1H3/t15-/m0/s1. The van der Waals surface area contributed by atoms with E-state index in [-0.39, 0.29) is 6.04 Å². The van der Waals surface area contributed by atoms with Crippen molar-refractivity contribution >= 4 is 11.4 Å². The Hall–Kier alpha value is -2.00. The van der Waals surface area contributed by atoms with Gasteiger partial charge in [0, 0.05) is 18.3 Å². The van der Waals surface area contributed by atoms with Crippen LogP contribution in [0.25, 0.3) is 0 Å². The molecule has 2 aromatic rings. The maximum absolute atomic E-state index is 6.30. The van der Waals surface area contributed by atoms with Gasteiger partial charge >= 0.3 is 0 Å². The average Bonchev–Trinajstić information content (AvgIpc) is 2.76. The maximum Gasteiger partial charge on any atom is 0.142 e. The molecule has 0 fully saturated rings. The summed E-state index contributed by atoms with van der Waals surface area (Å²) in [5.74, 6) is 0.954. The van der Waals surface area contributed by atoms with Gasteiger partial charge in [-0.3, -0.25) is 0 Å². The predicted octanol–water partition coefficient (Wildman–Crippen LogP) is 4.02. The first-order valence-corrected chi connectivity index (χ1v) is 7.65. The molecule has 3 heteroatoms. The molecule has 0 radical (unpaired) electrons. The van der Waals surface area contributed by atoms with Crippen LogP contribution in [0.4, 0.5) is 11.4 Å². The van der Waals surface area contributed by atoms with Crippen molar-refractivity contribution in [2.24, 2.45) is 5.73 Å². The minimum atomic E-state index is 0.0672. The molecule has 0 unspecified atom stereocenters. The first-order chi connectivity index (χ1) is 10.3. The van der Waals surface area contributed by atoms with Crippen LogP contribution in [0, 0.1) is 0 Å². The van der Waals surface area contributed by atoms with Crippen molar-refractivity contribution in [2.45, 2.75) is 25.8 Å². The highest BCUT2D eigenvalue weighted by atomic mass is 16.5. The molecule has 3 rings (SSSR count). The van der Waals surface area contributed by atoms with Gasteiger partial charge < -0.3 is 15.4 Å². The highest BCUT2D eigenvalue weighted by Crippen LogP contribution is 2.38. The molecule has 1 aliphatic rings. The van der Waals surface area contributed by atoms with Gasteiger partial charge in [-0.05, 0) is 36.6 Å². The molecule has 110 valence electrons. The first kappa shape index (κ1) is 14.0. The zero-order valence-corrected chi connectivity index (χ0v) is 12.5. The van der Waals surface area contributed by atoms with E-state index in [1.165, 1.54) is 11.3 Å². The van der Waals surface area contributed by atoms with Crippen molar-refractivity contribution < 1.29 is 4.74 Å². The zero-order valence-electron chi connectivity index (χ0n) is 12.5. The number of fused-ring (bicyclic) bond motifs is 1. The lowest BCUT2D eigenvalue weighted by atomic mass is 10.0. The molecule has 0 bridgehead atoms. The van der Waals surface area contributed by atoms with Crippen LogP contribution in [0.2, 0.25) is 0 Å². The molecule has 1 atom stereocenters. The van der Waals surface area contributed by atoms with Crippen LogP contribution in [-0.2, 0) is 0 Å². The fourth-order valence-electron chi connectivity index (χ4n) is 2.84. The molecule has 1 heterocycles. The van der Waals surface area contributed by atoms with Crippen LogP contribution in [0.5, 0.6) is 5.75 Å². The average molecular weight is 282 g/mol. The Morgan fingerprint density at radius 2 is 1.81 bits per heavy atom. The van der Waals surface area contributed by atoms with Crippen molar-refractivity contribution in [3.63, 3.8) is 0 Å². The van der Waals surface area contributed by atoms with Gasteiger partial charge in [-0.15, -0.1) is 0 Å². The number of hydrogen-bond acceptors (Lipinski definition) is 3. The summed E-state index contributed by atoms with van der Waals surface area (Å²) >= 11 is 0. The molecule has 3 nitrogen and oxygen atoms in total. The van der Waals surface area contributed by atoms with E-state index in [0.29, 0.717) is 0 Å². The number of hydrogen-bond donors (Lipinski definition) is 1. The van der Waals surface area contributed by atoms with E-state index in [2.05, 4.69) is 48.2 Å². The van der Waals surface area contributed by atoms with Gasteiger partial charge in [0.05, 0.1) is 12.3 Å². The second-order valence-electron chi connectivity index (χ2n) is 5.39. The predicted molar refractivity (Wildman–Crippen MR) is 87.2 cm³/mol. The summed E-state index contributed by atoms with van der Waals surface area (Å²) in [5, 5.41) is 0. The van der Waals surface area contributed by atoms with Gasteiger partial charge in [0.15, 0.2) is 0 Å². The molecule has 2 aromatic carbocycles. The van der Waals surface area contributed by atoms with Crippen LogP contribution in [-0.4, -0.2) is 13.2 Å².